The van der Waals surface area contributed by atoms with Crippen LogP contribution in [-0.4, -0.2) is 20.9 Å². The molecular formula is C10H15Br2Cl3. The highest BCUT2D eigenvalue weighted by Gasteiger charge is 2.24. The number of halogens is 5. The van der Waals surface area contributed by atoms with Gasteiger partial charge in [-0.2, -0.15) is 0 Å². The minimum atomic E-state index is -0.245. The Morgan fingerprint density at radius 1 is 1.40 bits per heavy atom. The van der Waals surface area contributed by atoms with E-state index in [1.54, 1.807) is 0 Å². The van der Waals surface area contributed by atoms with Crippen molar-refractivity contribution in [3.63, 3.8) is 0 Å². The van der Waals surface area contributed by atoms with Crippen LogP contribution in [0, 0.1) is 0 Å². The standard InChI is InChI=1S/C10H15Br2Cl3/c1-10(2,15)9(12)4-3-7(5-11)8(14)6-13/h9H,3-6H2,1-2H3/b8-7+. The maximum atomic E-state index is 6.19. The van der Waals surface area contributed by atoms with E-state index in [9.17, 15) is 0 Å². The van der Waals surface area contributed by atoms with Gasteiger partial charge in [0.1, 0.15) is 0 Å². The number of hydrogen-bond donors (Lipinski definition) is 0. The summed E-state index contributed by atoms with van der Waals surface area (Å²) in [4.78, 5) is 0.0192. The molecule has 5 heteroatoms. The molecular weight excluding hydrogens is 386 g/mol. The SMILES string of the molecule is CC(C)(Cl)C(Br)CC/C(CBr)=C(\Cl)CCl. The Morgan fingerprint density at radius 2 is 1.93 bits per heavy atom. The highest BCUT2D eigenvalue weighted by molar-refractivity contribution is 9.09. The lowest BCUT2D eigenvalue weighted by Gasteiger charge is -2.23. The van der Waals surface area contributed by atoms with Gasteiger partial charge in [0.2, 0.25) is 0 Å². The molecule has 0 amide bonds. The zero-order valence-corrected chi connectivity index (χ0v) is 14.2. The Hall–Kier alpha value is 1.57. The van der Waals surface area contributed by atoms with Gasteiger partial charge >= 0.3 is 0 Å². The summed E-state index contributed by atoms with van der Waals surface area (Å²) in [5.74, 6) is 0.375. The van der Waals surface area contributed by atoms with Crippen LogP contribution in [0.25, 0.3) is 0 Å². The minimum absolute atomic E-state index is 0.245. The van der Waals surface area contributed by atoms with Gasteiger partial charge in [0.05, 0.1) is 10.8 Å². The van der Waals surface area contributed by atoms with E-state index in [1.807, 2.05) is 13.8 Å². The van der Waals surface area contributed by atoms with Crippen molar-refractivity contribution in [2.24, 2.45) is 0 Å². The van der Waals surface area contributed by atoms with Crippen LogP contribution in [0.2, 0.25) is 0 Å². The van der Waals surface area contributed by atoms with Crippen LogP contribution < -0.4 is 0 Å². The predicted molar refractivity (Wildman–Crippen MR) is 79.3 cm³/mol. The largest absolute Gasteiger partial charge is 0.121 e. The lowest BCUT2D eigenvalue weighted by atomic mass is 10.0. The van der Waals surface area contributed by atoms with Crippen molar-refractivity contribution in [2.75, 3.05) is 11.2 Å². The van der Waals surface area contributed by atoms with E-state index in [4.69, 9.17) is 34.8 Å². The van der Waals surface area contributed by atoms with Crippen molar-refractivity contribution < 1.29 is 0 Å². The smallest absolute Gasteiger partial charge is 0.0581 e. The van der Waals surface area contributed by atoms with Crippen molar-refractivity contribution in [3.05, 3.63) is 10.6 Å². The molecule has 0 radical (unpaired) electrons. The van der Waals surface area contributed by atoms with E-state index in [-0.39, 0.29) is 9.70 Å². The lowest BCUT2D eigenvalue weighted by Crippen LogP contribution is -2.24. The van der Waals surface area contributed by atoms with Gasteiger partial charge in [-0.25, -0.2) is 0 Å². The van der Waals surface area contributed by atoms with Crippen LogP contribution in [-0.2, 0) is 0 Å². The number of allylic oxidation sites excluding steroid dienone is 2. The first kappa shape index (κ1) is 16.6. The van der Waals surface area contributed by atoms with Crippen LogP contribution in [0.4, 0.5) is 0 Å². The summed E-state index contributed by atoms with van der Waals surface area (Å²) in [7, 11) is 0. The van der Waals surface area contributed by atoms with Gasteiger partial charge in [-0.15, -0.1) is 23.2 Å². The van der Waals surface area contributed by atoms with Crippen LogP contribution in [0.1, 0.15) is 26.7 Å². The van der Waals surface area contributed by atoms with Crippen molar-refractivity contribution >= 4 is 66.7 Å². The van der Waals surface area contributed by atoms with Gasteiger partial charge in [0.25, 0.3) is 0 Å². The molecule has 0 fully saturated rings. The molecule has 0 saturated carbocycles. The van der Waals surface area contributed by atoms with Crippen molar-refractivity contribution in [2.45, 2.75) is 36.4 Å². The Labute approximate surface area is 124 Å². The summed E-state index contributed by atoms with van der Waals surface area (Å²) in [6.45, 7) is 3.99. The second-order valence-corrected chi connectivity index (χ2v) is 7.21. The molecule has 90 valence electrons. The van der Waals surface area contributed by atoms with E-state index in [0.717, 1.165) is 28.8 Å². The molecule has 1 atom stereocenters. The Morgan fingerprint density at radius 3 is 2.27 bits per heavy atom. The van der Waals surface area contributed by atoms with Gasteiger partial charge in [-0.3, -0.25) is 0 Å². The molecule has 0 aliphatic heterocycles. The summed E-state index contributed by atoms with van der Waals surface area (Å²) in [5, 5.41) is 1.50. The fraction of sp³-hybridized carbons (Fsp3) is 0.800. The van der Waals surface area contributed by atoms with Crippen molar-refractivity contribution in [1.29, 1.82) is 0 Å². The van der Waals surface area contributed by atoms with Gasteiger partial charge < -0.3 is 0 Å². The summed E-state index contributed by atoms with van der Waals surface area (Å²) in [6, 6.07) is 0. The summed E-state index contributed by atoms with van der Waals surface area (Å²) in [5.41, 5.74) is 1.15. The lowest BCUT2D eigenvalue weighted by molar-refractivity contribution is 0.616. The van der Waals surface area contributed by atoms with Crippen LogP contribution in [0.15, 0.2) is 10.6 Å². The topological polar surface area (TPSA) is 0 Å². The van der Waals surface area contributed by atoms with E-state index in [1.165, 1.54) is 0 Å². The Kier molecular flexibility index (Phi) is 8.63. The maximum Gasteiger partial charge on any atom is 0.0581 e. The van der Waals surface area contributed by atoms with Crippen LogP contribution in [0.3, 0.4) is 0 Å². The average Bonchev–Trinajstić information content (AvgIpc) is 2.16. The number of alkyl halides is 4. The molecule has 0 saturated heterocycles. The summed E-state index contributed by atoms with van der Waals surface area (Å²) in [6.07, 6.45) is 1.85. The third-order valence-corrected chi connectivity index (χ3v) is 5.72. The van der Waals surface area contributed by atoms with E-state index >= 15 is 0 Å². The Balaban J connectivity index is 4.25. The summed E-state index contributed by atoms with van der Waals surface area (Å²) < 4.78 is 0. The first-order valence-corrected chi connectivity index (χ1v) is 7.97. The molecule has 0 bridgehead atoms. The van der Waals surface area contributed by atoms with Crippen molar-refractivity contribution in [3.8, 4) is 0 Å². The van der Waals surface area contributed by atoms with E-state index in [2.05, 4.69) is 31.9 Å². The maximum absolute atomic E-state index is 6.19. The fourth-order valence-electron chi connectivity index (χ4n) is 1.01. The summed E-state index contributed by atoms with van der Waals surface area (Å²) >= 11 is 24.9. The quantitative estimate of drug-likeness (QED) is 0.503. The molecule has 1 unspecified atom stereocenters. The molecule has 0 N–H and O–H groups in total. The molecule has 0 aromatic carbocycles. The predicted octanol–water partition coefficient (Wildman–Crippen LogP) is 5.67. The van der Waals surface area contributed by atoms with Gasteiger partial charge in [-0.1, -0.05) is 43.5 Å². The Bertz CT molecular complexity index is 221. The number of rotatable bonds is 6. The normalized spacial score (nSPS) is 16.2. The molecule has 15 heavy (non-hydrogen) atoms. The highest BCUT2D eigenvalue weighted by atomic mass is 79.9. The highest BCUT2D eigenvalue weighted by Crippen LogP contribution is 2.30. The first-order valence-electron chi connectivity index (χ1n) is 4.64. The fourth-order valence-corrected chi connectivity index (χ4v) is 2.48. The van der Waals surface area contributed by atoms with E-state index in [0.29, 0.717) is 5.88 Å². The molecule has 0 aliphatic rings. The zero-order chi connectivity index (χ0) is 12.1. The first-order chi connectivity index (χ1) is 6.82. The minimum Gasteiger partial charge on any atom is -0.121 e. The molecule has 0 aromatic heterocycles. The zero-order valence-electron chi connectivity index (χ0n) is 8.80. The van der Waals surface area contributed by atoms with Gasteiger partial charge in [0.15, 0.2) is 0 Å². The molecule has 0 nitrogen and oxygen atoms in total. The van der Waals surface area contributed by atoms with Gasteiger partial charge in [-0.05, 0) is 32.3 Å². The van der Waals surface area contributed by atoms with Crippen LogP contribution >= 0.6 is 66.7 Å². The molecule has 0 aromatic rings. The third kappa shape index (κ3) is 6.78. The second-order valence-electron chi connectivity index (χ2n) is 3.85. The van der Waals surface area contributed by atoms with Gasteiger partial charge in [0, 0.05) is 15.2 Å². The van der Waals surface area contributed by atoms with Crippen molar-refractivity contribution in [1.82, 2.24) is 0 Å². The molecule has 0 heterocycles. The third-order valence-electron chi connectivity index (χ3n) is 2.11. The number of hydrogen-bond acceptors (Lipinski definition) is 0. The average molecular weight is 401 g/mol. The molecule has 0 spiro atoms. The van der Waals surface area contributed by atoms with Crippen LogP contribution in [0.5, 0.6) is 0 Å². The second kappa shape index (κ2) is 7.81. The molecule has 0 aliphatic carbocycles. The molecule has 0 rings (SSSR count). The van der Waals surface area contributed by atoms with E-state index < -0.39 is 0 Å². The monoisotopic (exact) mass is 398 g/mol.